The van der Waals surface area contributed by atoms with Crippen molar-refractivity contribution in [2.75, 3.05) is 45.8 Å². The van der Waals surface area contributed by atoms with Gasteiger partial charge in [0, 0.05) is 32.6 Å². The van der Waals surface area contributed by atoms with Crippen molar-refractivity contribution in [3.8, 4) is 0 Å². The van der Waals surface area contributed by atoms with Gasteiger partial charge in [0.15, 0.2) is 0 Å². The Labute approximate surface area is 101 Å². The molecule has 2 aliphatic rings. The minimum atomic E-state index is -0.801. The lowest BCUT2D eigenvalue weighted by Crippen LogP contribution is -2.51. The minimum Gasteiger partial charge on any atom is -0.480 e. The highest BCUT2D eigenvalue weighted by Crippen LogP contribution is 2.12. The summed E-state index contributed by atoms with van der Waals surface area (Å²) in [5.41, 5.74) is 0. The number of rotatable bonds is 4. The zero-order valence-electron chi connectivity index (χ0n) is 9.89. The zero-order chi connectivity index (χ0) is 12.3. The summed E-state index contributed by atoms with van der Waals surface area (Å²) >= 11 is 0. The second-order valence-electron chi connectivity index (χ2n) is 4.78. The molecule has 96 valence electrons. The Balaban J connectivity index is 1.70. The molecule has 6 nitrogen and oxygen atoms in total. The quantitative estimate of drug-likeness (QED) is 0.648. The topological polar surface area (TPSA) is 72.9 Å². The summed E-state index contributed by atoms with van der Waals surface area (Å²) in [6, 6.07) is 0. The van der Waals surface area contributed by atoms with Gasteiger partial charge in [0.25, 0.3) is 0 Å². The molecule has 6 heteroatoms. The second kappa shape index (κ2) is 5.46. The maximum atomic E-state index is 11.9. The number of carbonyl (C=O) groups is 2. The highest BCUT2D eigenvalue weighted by atomic mass is 16.4. The first kappa shape index (κ1) is 12.3. The second-order valence-corrected chi connectivity index (χ2v) is 4.78. The van der Waals surface area contributed by atoms with Crippen molar-refractivity contribution in [1.29, 1.82) is 0 Å². The van der Waals surface area contributed by atoms with Crippen LogP contribution in [0.15, 0.2) is 0 Å². The molecule has 17 heavy (non-hydrogen) atoms. The van der Waals surface area contributed by atoms with E-state index in [1.807, 2.05) is 9.80 Å². The molecule has 0 aromatic heterocycles. The molecule has 0 radical (unpaired) electrons. The van der Waals surface area contributed by atoms with Crippen molar-refractivity contribution < 1.29 is 14.7 Å². The van der Waals surface area contributed by atoms with E-state index in [1.165, 1.54) is 0 Å². The predicted octanol–water partition coefficient (Wildman–Crippen LogP) is -1.18. The number of carbonyl (C=O) groups excluding carboxylic acids is 1. The number of nitrogens with one attached hydrogen (secondary N) is 1. The first-order valence-corrected chi connectivity index (χ1v) is 6.08. The van der Waals surface area contributed by atoms with Gasteiger partial charge >= 0.3 is 5.97 Å². The summed E-state index contributed by atoms with van der Waals surface area (Å²) in [5.74, 6) is -0.0867. The third-order valence-corrected chi connectivity index (χ3v) is 3.41. The number of hydrogen-bond acceptors (Lipinski definition) is 4. The van der Waals surface area contributed by atoms with Gasteiger partial charge in [0.1, 0.15) is 0 Å². The van der Waals surface area contributed by atoms with E-state index in [4.69, 9.17) is 5.11 Å². The molecule has 2 fully saturated rings. The average Bonchev–Trinajstić information content (AvgIpc) is 2.23. The number of piperazine rings is 1. The number of amides is 1. The lowest BCUT2D eigenvalue weighted by Gasteiger charge is -2.35. The summed E-state index contributed by atoms with van der Waals surface area (Å²) in [4.78, 5) is 26.2. The van der Waals surface area contributed by atoms with Gasteiger partial charge in [-0.25, -0.2) is 0 Å². The maximum Gasteiger partial charge on any atom is 0.317 e. The van der Waals surface area contributed by atoms with Gasteiger partial charge in [-0.2, -0.15) is 0 Å². The van der Waals surface area contributed by atoms with E-state index >= 15 is 0 Å². The smallest absolute Gasteiger partial charge is 0.317 e. The molecular formula is C11H19N3O3. The van der Waals surface area contributed by atoms with Gasteiger partial charge in [-0.3, -0.25) is 14.5 Å². The first-order chi connectivity index (χ1) is 8.15. The van der Waals surface area contributed by atoms with Gasteiger partial charge < -0.3 is 15.3 Å². The summed E-state index contributed by atoms with van der Waals surface area (Å²) in [6.45, 7) is 4.63. The van der Waals surface area contributed by atoms with Crippen LogP contribution in [0.5, 0.6) is 0 Å². The molecule has 0 aromatic rings. The Morgan fingerprint density at radius 3 is 2.29 bits per heavy atom. The van der Waals surface area contributed by atoms with Gasteiger partial charge in [0.2, 0.25) is 5.91 Å². The van der Waals surface area contributed by atoms with Crippen molar-refractivity contribution in [3.63, 3.8) is 0 Å². The number of aliphatic carboxylic acids is 1. The molecule has 0 aliphatic carbocycles. The Hall–Kier alpha value is -1.14. The third kappa shape index (κ3) is 3.41. The van der Waals surface area contributed by atoms with Gasteiger partial charge in [-0.15, -0.1) is 0 Å². The van der Waals surface area contributed by atoms with Crippen molar-refractivity contribution in [1.82, 2.24) is 15.1 Å². The Kier molecular flexibility index (Phi) is 3.96. The van der Waals surface area contributed by atoms with E-state index in [9.17, 15) is 9.59 Å². The Morgan fingerprint density at radius 2 is 1.82 bits per heavy atom. The molecule has 0 bridgehead atoms. The molecule has 0 saturated carbocycles. The monoisotopic (exact) mass is 241 g/mol. The third-order valence-electron chi connectivity index (χ3n) is 3.41. The molecule has 0 spiro atoms. The largest absolute Gasteiger partial charge is 0.480 e. The van der Waals surface area contributed by atoms with Crippen LogP contribution in [0.1, 0.15) is 6.42 Å². The number of hydrogen-bond donors (Lipinski definition) is 2. The molecule has 2 saturated heterocycles. The summed E-state index contributed by atoms with van der Waals surface area (Å²) in [5, 5.41) is 11.8. The fourth-order valence-corrected chi connectivity index (χ4v) is 2.22. The van der Waals surface area contributed by atoms with Crippen molar-refractivity contribution in [3.05, 3.63) is 0 Å². The number of carboxylic acid groups (broad SMARTS) is 1. The van der Waals surface area contributed by atoms with Crippen LogP contribution in [-0.4, -0.2) is 72.6 Å². The molecule has 2 N–H and O–H groups in total. The zero-order valence-corrected chi connectivity index (χ0v) is 9.89. The molecule has 0 aromatic carbocycles. The molecule has 1 amide bonds. The maximum absolute atomic E-state index is 11.9. The summed E-state index contributed by atoms with van der Waals surface area (Å²) in [6.07, 6.45) is 0.631. The van der Waals surface area contributed by atoms with Crippen LogP contribution in [0.25, 0.3) is 0 Å². The normalized spacial score (nSPS) is 22.2. The van der Waals surface area contributed by atoms with E-state index in [0.717, 1.165) is 13.1 Å². The van der Waals surface area contributed by atoms with E-state index in [0.29, 0.717) is 38.5 Å². The Bertz CT molecular complexity index is 296. The number of nitrogens with zero attached hydrogens (tertiary/aromatic N) is 2. The summed E-state index contributed by atoms with van der Waals surface area (Å²) in [7, 11) is 0. The van der Waals surface area contributed by atoms with E-state index in [2.05, 4.69) is 5.32 Å². The van der Waals surface area contributed by atoms with Crippen molar-refractivity contribution in [2.24, 2.45) is 5.92 Å². The van der Waals surface area contributed by atoms with Crippen LogP contribution in [0.2, 0.25) is 0 Å². The van der Waals surface area contributed by atoms with Crippen LogP contribution >= 0.6 is 0 Å². The predicted molar refractivity (Wildman–Crippen MR) is 61.6 cm³/mol. The lowest BCUT2D eigenvalue weighted by molar-refractivity contribution is -0.139. The standard InChI is InChI=1S/C11H19N3O3/c15-10(5-9-6-12-7-9)14-3-1-13(2-4-14)8-11(16)17/h9,12H,1-8H2,(H,16,17). The average molecular weight is 241 g/mol. The van der Waals surface area contributed by atoms with Crippen LogP contribution in [0.3, 0.4) is 0 Å². The molecule has 0 atom stereocenters. The van der Waals surface area contributed by atoms with E-state index in [1.54, 1.807) is 0 Å². The number of carboxylic acids is 1. The fraction of sp³-hybridized carbons (Fsp3) is 0.818. The van der Waals surface area contributed by atoms with E-state index < -0.39 is 5.97 Å². The summed E-state index contributed by atoms with van der Waals surface area (Å²) < 4.78 is 0. The highest BCUT2D eigenvalue weighted by Gasteiger charge is 2.26. The highest BCUT2D eigenvalue weighted by molar-refractivity contribution is 5.76. The fourth-order valence-electron chi connectivity index (χ4n) is 2.22. The van der Waals surface area contributed by atoms with Gasteiger partial charge in [-0.05, 0) is 19.0 Å². The van der Waals surface area contributed by atoms with Crippen molar-refractivity contribution in [2.45, 2.75) is 6.42 Å². The minimum absolute atomic E-state index is 0.0780. The van der Waals surface area contributed by atoms with Gasteiger partial charge in [-0.1, -0.05) is 0 Å². The Morgan fingerprint density at radius 1 is 1.18 bits per heavy atom. The molecule has 2 rings (SSSR count). The van der Waals surface area contributed by atoms with Gasteiger partial charge in [0.05, 0.1) is 6.54 Å². The van der Waals surface area contributed by atoms with Crippen LogP contribution in [0, 0.1) is 5.92 Å². The molecule has 2 heterocycles. The van der Waals surface area contributed by atoms with Crippen LogP contribution < -0.4 is 5.32 Å². The lowest BCUT2D eigenvalue weighted by atomic mass is 9.98. The van der Waals surface area contributed by atoms with Crippen molar-refractivity contribution >= 4 is 11.9 Å². The molecule has 0 unspecified atom stereocenters. The van der Waals surface area contributed by atoms with Crippen LogP contribution in [0.4, 0.5) is 0 Å². The van der Waals surface area contributed by atoms with E-state index in [-0.39, 0.29) is 12.5 Å². The van der Waals surface area contributed by atoms with Crippen LogP contribution in [-0.2, 0) is 9.59 Å². The first-order valence-electron chi connectivity index (χ1n) is 6.08. The molecular weight excluding hydrogens is 222 g/mol. The molecule has 2 aliphatic heterocycles. The SMILES string of the molecule is O=C(O)CN1CCN(C(=O)CC2CNC2)CC1.